The van der Waals surface area contributed by atoms with Crippen LogP contribution >= 0.6 is 0 Å². The molecule has 0 heterocycles. The summed E-state index contributed by atoms with van der Waals surface area (Å²) in [4.78, 5) is 22.5. The number of nitrogens with one attached hydrogen (secondary N) is 1. The van der Waals surface area contributed by atoms with Crippen molar-refractivity contribution in [1.82, 2.24) is 0 Å². The van der Waals surface area contributed by atoms with E-state index in [0.717, 1.165) is 0 Å². The van der Waals surface area contributed by atoms with E-state index in [4.69, 9.17) is 5.11 Å². The van der Waals surface area contributed by atoms with Gasteiger partial charge < -0.3 is 15.5 Å². The van der Waals surface area contributed by atoms with Crippen LogP contribution in [0.5, 0.6) is 0 Å². The number of hydrogen-bond acceptors (Lipinski definition) is 3. The number of hydrogen-bond donors (Lipinski definition) is 3. The van der Waals surface area contributed by atoms with Gasteiger partial charge in [-0.25, -0.2) is 4.79 Å². The molecule has 22 heavy (non-hydrogen) atoms. The molecular weight excluding hydrogens is 282 g/mol. The highest BCUT2D eigenvalue weighted by molar-refractivity contribution is 5.89. The van der Waals surface area contributed by atoms with Crippen molar-refractivity contribution in [1.29, 1.82) is 0 Å². The third-order valence-corrected chi connectivity index (χ3v) is 3.52. The van der Waals surface area contributed by atoms with Crippen LogP contribution in [-0.4, -0.2) is 22.2 Å². The van der Waals surface area contributed by atoms with Crippen LogP contribution < -0.4 is 5.32 Å². The maximum absolute atomic E-state index is 11.5. The molecule has 0 aliphatic rings. The fourth-order valence-electron chi connectivity index (χ4n) is 2.14. The Bertz CT molecular complexity index is 722. The van der Waals surface area contributed by atoms with Gasteiger partial charge in [0.1, 0.15) is 0 Å². The first kappa shape index (κ1) is 15.6. The predicted molar refractivity (Wildman–Crippen MR) is 83.8 cm³/mol. The second kappa shape index (κ2) is 5.89. The average Bonchev–Trinajstić information content (AvgIpc) is 2.47. The van der Waals surface area contributed by atoms with Crippen LogP contribution in [-0.2, 0) is 10.2 Å². The molecule has 114 valence electrons. The molecule has 0 spiro atoms. The van der Waals surface area contributed by atoms with Crippen LogP contribution in [0, 0.1) is 0 Å². The minimum Gasteiger partial charge on any atom is -0.481 e. The van der Waals surface area contributed by atoms with Crippen molar-refractivity contribution in [2.45, 2.75) is 19.3 Å². The lowest BCUT2D eigenvalue weighted by Gasteiger charge is -2.23. The quantitative estimate of drug-likeness (QED) is 0.786. The van der Waals surface area contributed by atoms with E-state index >= 15 is 0 Å². The predicted octanol–water partition coefficient (Wildman–Crippen LogP) is 3.49. The number of carboxylic acid groups (broad SMARTS) is 2. The van der Waals surface area contributed by atoms with Gasteiger partial charge in [0.05, 0.1) is 11.0 Å². The zero-order valence-corrected chi connectivity index (χ0v) is 12.3. The van der Waals surface area contributed by atoms with Gasteiger partial charge in [-0.05, 0) is 43.7 Å². The van der Waals surface area contributed by atoms with Gasteiger partial charge in [-0.1, -0.05) is 24.3 Å². The summed E-state index contributed by atoms with van der Waals surface area (Å²) in [6.07, 6.45) is 0. The number of rotatable bonds is 5. The Kier molecular flexibility index (Phi) is 4.17. The molecule has 0 bridgehead atoms. The Labute approximate surface area is 128 Å². The van der Waals surface area contributed by atoms with Crippen LogP contribution in [0.4, 0.5) is 11.4 Å². The summed E-state index contributed by atoms with van der Waals surface area (Å²) in [5.74, 6) is -1.94. The van der Waals surface area contributed by atoms with Crippen molar-refractivity contribution in [3.8, 4) is 0 Å². The van der Waals surface area contributed by atoms with E-state index in [9.17, 15) is 14.7 Å². The molecule has 0 aliphatic carbocycles. The van der Waals surface area contributed by atoms with Gasteiger partial charge in [0.25, 0.3) is 0 Å². The molecule has 3 N–H and O–H groups in total. The van der Waals surface area contributed by atoms with Gasteiger partial charge in [-0.3, -0.25) is 4.79 Å². The number of carbonyl (C=O) groups is 2. The zero-order valence-electron chi connectivity index (χ0n) is 12.3. The smallest absolute Gasteiger partial charge is 0.335 e. The maximum atomic E-state index is 11.5. The number of para-hydroxylation sites is 1. The molecule has 2 rings (SSSR count). The molecule has 0 radical (unpaired) electrons. The fraction of sp³-hybridized carbons (Fsp3) is 0.176. The lowest BCUT2D eigenvalue weighted by atomic mass is 9.83. The number of aliphatic carboxylic acids is 1. The second-order valence-electron chi connectivity index (χ2n) is 5.49. The molecule has 0 saturated heterocycles. The van der Waals surface area contributed by atoms with E-state index in [1.807, 2.05) is 0 Å². The number of aromatic carboxylic acids is 1. The van der Waals surface area contributed by atoms with Gasteiger partial charge in [0.2, 0.25) is 0 Å². The fourth-order valence-corrected chi connectivity index (χ4v) is 2.14. The molecular formula is C17H17NO4. The van der Waals surface area contributed by atoms with Gasteiger partial charge in [0, 0.05) is 11.4 Å². The lowest BCUT2D eigenvalue weighted by molar-refractivity contribution is -0.142. The van der Waals surface area contributed by atoms with E-state index < -0.39 is 17.4 Å². The molecule has 0 unspecified atom stereocenters. The van der Waals surface area contributed by atoms with Crippen molar-refractivity contribution >= 4 is 23.3 Å². The molecule has 0 atom stereocenters. The summed E-state index contributed by atoms with van der Waals surface area (Å²) >= 11 is 0. The summed E-state index contributed by atoms with van der Waals surface area (Å²) in [6, 6.07) is 13.5. The molecule has 2 aromatic carbocycles. The second-order valence-corrected chi connectivity index (χ2v) is 5.49. The Balaban J connectivity index is 2.41. The summed E-state index contributed by atoms with van der Waals surface area (Å²) in [6.45, 7) is 3.26. The first-order valence-electron chi connectivity index (χ1n) is 6.75. The normalized spacial score (nSPS) is 11.0. The van der Waals surface area contributed by atoms with Gasteiger partial charge in [-0.15, -0.1) is 0 Å². The van der Waals surface area contributed by atoms with Crippen LogP contribution in [0.25, 0.3) is 0 Å². The molecule has 0 saturated carbocycles. The first-order valence-corrected chi connectivity index (χ1v) is 6.75. The summed E-state index contributed by atoms with van der Waals surface area (Å²) in [5.41, 5.74) is 0.961. The van der Waals surface area contributed by atoms with Crippen molar-refractivity contribution in [3.63, 3.8) is 0 Å². The molecule has 0 amide bonds. The average molecular weight is 299 g/mol. The number of benzene rings is 2. The Morgan fingerprint density at radius 1 is 1.00 bits per heavy atom. The highest BCUT2D eigenvalue weighted by atomic mass is 16.4. The van der Waals surface area contributed by atoms with E-state index in [2.05, 4.69) is 5.32 Å². The van der Waals surface area contributed by atoms with Crippen molar-refractivity contribution < 1.29 is 19.8 Å². The summed E-state index contributed by atoms with van der Waals surface area (Å²) in [7, 11) is 0. The summed E-state index contributed by atoms with van der Waals surface area (Å²) in [5, 5.41) is 21.5. The van der Waals surface area contributed by atoms with Crippen LogP contribution in [0.2, 0.25) is 0 Å². The van der Waals surface area contributed by atoms with Crippen molar-refractivity contribution in [3.05, 3.63) is 59.7 Å². The maximum Gasteiger partial charge on any atom is 0.335 e. The minimum absolute atomic E-state index is 0.167. The van der Waals surface area contributed by atoms with Gasteiger partial charge in [-0.2, -0.15) is 0 Å². The Hall–Kier alpha value is -2.82. The van der Waals surface area contributed by atoms with Crippen molar-refractivity contribution in [2.24, 2.45) is 0 Å². The third-order valence-electron chi connectivity index (χ3n) is 3.52. The number of carboxylic acids is 2. The van der Waals surface area contributed by atoms with E-state index in [1.54, 1.807) is 50.2 Å². The summed E-state index contributed by atoms with van der Waals surface area (Å²) < 4.78 is 0. The largest absolute Gasteiger partial charge is 0.481 e. The highest BCUT2D eigenvalue weighted by Crippen LogP contribution is 2.32. The third kappa shape index (κ3) is 3.09. The topological polar surface area (TPSA) is 86.6 Å². The lowest BCUT2D eigenvalue weighted by Crippen LogP contribution is -2.29. The monoisotopic (exact) mass is 299 g/mol. The standard InChI is InChI=1S/C17H17NO4/c1-17(2,16(21)22)13-8-3-4-9-14(13)18-12-7-5-6-11(10-12)15(19)20/h3-10,18H,1-2H3,(H,19,20)(H,21,22). The zero-order chi connectivity index (χ0) is 16.3. The van der Waals surface area contributed by atoms with E-state index in [-0.39, 0.29) is 5.56 Å². The van der Waals surface area contributed by atoms with Gasteiger partial charge in [0.15, 0.2) is 0 Å². The van der Waals surface area contributed by atoms with Crippen molar-refractivity contribution in [2.75, 3.05) is 5.32 Å². The van der Waals surface area contributed by atoms with Crippen LogP contribution in [0.15, 0.2) is 48.5 Å². The molecule has 0 fully saturated rings. The highest BCUT2D eigenvalue weighted by Gasteiger charge is 2.31. The molecule has 5 heteroatoms. The molecule has 0 aliphatic heterocycles. The Morgan fingerprint density at radius 2 is 1.68 bits per heavy atom. The first-order chi connectivity index (χ1) is 10.3. The molecule has 5 nitrogen and oxygen atoms in total. The van der Waals surface area contributed by atoms with E-state index in [0.29, 0.717) is 16.9 Å². The van der Waals surface area contributed by atoms with Gasteiger partial charge >= 0.3 is 11.9 Å². The molecule has 0 aromatic heterocycles. The van der Waals surface area contributed by atoms with Crippen LogP contribution in [0.1, 0.15) is 29.8 Å². The minimum atomic E-state index is -1.06. The Morgan fingerprint density at radius 3 is 2.32 bits per heavy atom. The molecule has 2 aromatic rings. The SMILES string of the molecule is CC(C)(C(=O)O)c1ccccc1Nc1cccc(C(=O)O)c1. The van der Waals surface area contributed by atoms with E-state index in [1.165, 1.54) is 12.1 Å². The van der Waals surface area contributed by atoms with Crippen LogP contribution in [0.3, 0.4) is 0 Å². The number of anilines is 2.